The number of rotatable bonds is 2. The Morgan fingerprint density at radius 2 is 1.15 bits per heavy atom. The standard InChI is InChI=1S/C13H7Cl2N5/c14-12-18-11(19-13(15)20-12)9-4-2-8(3-5-9)10-16-6-1-7-17-10/h1-7H. The van der Waals surface area contributed by atoms with Gasteiger partial charge in [0.25, 0.3) is 0 Å². The molecule has 98 valence electrons. The van der Waals surface area contributed by atoms with Crippen molar-refractivity contribution >= 4 is 23.2 Å². The Bertz CT molecular complexity index is 711. The van der Waals surface area contributed by atoms with Crippen LogP contribution in [0.15, 0.2) is 42.7 Å². The van der Waals surface area contributed by atoms with Gasteiger partial charge in [-0.1, -0.05) is 24.3 Å². The Morgan fingerprint density at radius 3 is 1.70 bits per heavy atom. The summed E-state index contributed by atoms with van der Waals surface area (Å²) >= 11 is 11.5. The van der Waals surface area contributed by atoms with Crippen LogP contribution in [0.5, 0.6) is 0 Å². The minimum atomic E-state index is 0.0652. The molecule has 3 aromatic rings. The van der Waals surface area contributed by atoms with Gasteiger partial charge in [-0.2, -0.15) is 15.0 Å². The smallest absolute Gasteiger partial charge is 0.227 e. The number of nitrogens with zero attached hydrogens (tertiary/aromatic N) is 5. The summed E-state index contributed by atoms with van der Waals surface area (Å²) in [5, 5.41) is 0.130. The molecule has 0 amide bonds. The molecule has 0 spiro atoms. The Kier molecular flexibility index (Phi) is 3.54. The van der Waals surface area contributed by atoms with E-state index in [-0.39, 0.29) is 10.6 Å². The maximum absolute atomic E-state index is 5.76. The first kappa shape index (κ1) is 12.9. The molecule has 5 nitrogen and oxygen atoms in total. The summed E-state index contributed by atoms with van der Waals surface area (Å²) in [6, 6.07) is 9.25. The SMILES string of the molecule is Clc1nc(Cl)nc(-c2ccc(-c3ncccn3)cc2)n1. The monoisotopic (exact) mass is 303 g/mol. The average molecular weight is 304 g/mol. The second-order valence-corrected chi connectivity index (χ2v) is 4.52. The van der Waals surface area contributed by atoms with Crippen LogP contribution in [-0.2, 0) is 0 Å². The van der Waals surface area contributed by atoms with E-state index < -0.39 is 0 Å². The summed E-state index contributed by atoms with van der Waals surface area (Å²) < 4.78 is 0. The van der Waals surface area contributed by atoms with Crippen molar-refractivity contribution in [3.05, 3.63) is 53.3 Å². The lowest BCUT2D eigenvalue weighted by molar-refractivity contribution is 1.06. The molecule has 2 heterocycles. The van der Waals surface area contributed by atoms with Gasteiger partial charge in [0.05, 0.1) is 0 Å². The molecule has 0 radical (unpaired) electrons. The molecule has 2 aromatic heterocycles. The van der Waals surface area contributed by atoms with Crippen molar-refractivity contribution < 1.29 is 0 Å². The highest BCUT2D eigenvalue weighted by molar-refractivity contribution is 6.31. The zero-order valence-electron chi connectivity index (χ0n) is 10.0. The van der Waals surface area contributed by atoms with E-state index in [0.29, 0.717) is 11.6 Å². The maximum atomic E-state index is 5.76. The van der Waals surface area contributed by atoms with Gasteiger partial charge in [0.15, 0.2) is 11.6 Å². The van der Waals surface area contributed by atoms with Crippen molar-refractivity contribution in [2.75, 3.05) is 0 Å². The fourth-order valence-corrected chi connectivity index (χ4v) is 2.04. The molecule has 0 saturated heterocycles. The quantitative estimate of drug-likeness (QED) is 0.727. The third-order valence-electron chi connectivity index (χ3n) is 2.55. The summed E-state index contributed by atoms with van der Waals surface area (Å²) in [7, 11) is 0. The maximum Gasteiger partial charge on any atom is 0.227 e. The molecule has 0 unspecified atom stereocenters. The normalized spacial score (nSPS) is 10.5. The van der Waals surface area contributed by atoms with Crippen LogP contribution in [0.3, 0.4) is 0 Å². The molecule has 0 aliphatic rings. The van der Waals surface area contributed by atoms with Crippen molar-refractivity contribution in [3.63, 3.8) is 0 Å². The molecule has 0 bridgehead atoms. The van der Waals surface area contributed by atoms with Gasteiger partial charge in [0.1, 0.15) is 0 Å². The van der Waals surface area contributed by atoms with Crippen LogP contribution in [0.4, 0.5) is 0 Å². The van der Waals surface area contributed by atoms with Gasteiger partial charge in [0, 0.05) is 23.5 Å². The van der Waals surface area contributed by atoms with Crippen LogP contribution in [0, 0.1) is 0 Å². The minimum Gasteiger partial charge on any atom is -0.237 e. The van der Waals surface area contributed by atoms with Crippen LogP contribution in [0.2, 0.25) is 10.6 Å². The van der Waals surface area contributed by atoms with E-state index in [1.807, 2.05) is 24.3 Å². The Balaban J connectivity index is 1.97. The highest BCUT2D eigenvalue weighted by Crippen LogP contribution is 2.21. The second kappa shape index (κ2) is 5.48. The van der Waals surface area contributed by atoms with E-state index in [9.17, 15) is 0 Å². The number of hydrogen-bond donors (Lipinski definition) is 0. The molecular weight excluding hydrogens is 297 g/mol. The molecule has 0 aliphatic carbocycles. The van der Waals surface area contributed by atoms with E-state index in [1.54, 1.807) is 18.5 Å². The van der Waals surface area contributed by atoms with Gasteiger partial charge in [-0.25, -0.2) is 9.97 Å². The van der Waals surface area contributed by atoms with Crippen molar-refractivity contribution in [3.8, 4) is 22.8 Å². The fraction of sp³-hybridized carbons (Fsp3) is 0. The van der Waals surface area contributed by atoms with Crippen LogP contribution in [-0.4, -0.2) is 24.9 Å². The number of benzene rings is 1. The molecule has 20 heavy (non-hydrogen) atoms. The van der Waals surface area contributed by atoms with Crippen molar-refractivity contribution in [2.45, 2.75) is 0 Å². The number of aromatic nitrogens is 5. The van der Waals surface area contributed by atoms with Crippen molar-refractivity contribution in [1.29, 1.82) is 0 Å². The van der Waals surface area contributed by atoms with Crippen LogP contribution < -0.4 is 0 Å². The second-order valence-electron chi connectivity index (χ2n) is 3.85. The van der Waals surface area contributed by atoms with E-state index in [1.165, 1.54) is 0 Å². The van der Waals surface area contributed by atoms with Crippen molar-refractivity contribution in [2.24, 2.45) is 0 Å². The molecule has 1 aromatic carbocycles. The Labute approximate surface area is 124 Å². The van der Waals surface area contributed by atoms with Gasteiger partial charge < -0.3 is 0 Å². The van der Waals surface area contributed by atoms with Gasteiger partial charge >= 0.3 is 0 Å². The molecule has 0 N–H and O–H groups in total. The summed E-state index contributed by atoms with van der Waals surface area (Å²) in [5.74, 6) is 1.08. The summed E-state index contributed by atoms with van der Waals surface area (Å²) in [4.78, 5) is 20.2. The fourth-order valence-electron chi connectivity index (χ4n) is 1.67. The molecule has 7 heteroatoms. The summed E-state index contributed by atoms with van der Waals surface area (Å²) in [5.41, 5.74) is 1.69. The van der Waals surface area contributed by atoms with Crippen LogP contribution in [0.1, 0.15) is 0 Å². The van der Waals surface area contributed by atoms with Crippen LogP contribution in [0.25, 0.3) is 22.8 Å². The molecule has 0 atom stereocenters. The lowest BCUT2D eigenvalue weighted by atomic mass is 10.1. The van der Waals surface area contributed by atoms with Gasteiger partial charge in [-0.05, 0) is 29.3 Å². The lowest BCUT2D eigenvalue weighted by Gasteiger charge is -2.03. The zero-order chi connectivity index (χ0) is 13.9. The molecule has 0 fully saturated rings. The molecular formula is C13H7Cl2N5. The summed E-state index contributed by atoms with van der Waals surface area (Å²) in [6.45, 7) is 0. The van der Waals surface area contributed by atoms with Gasteiger partial charge in [-0.3, -0.25) is 0 Å². The molecule has 3 rings (SSSR count). The van der Waals surface area contributed by atoms with E-state index in [4.69, 9.17) is 23.2 Å². The third-order valence-corrected chi connectivity index (χ3v) is 2.89. The van der Waals surface area contributed by atoms with E-state index in [2.05, 4.69) is 24.9 Å². The highest BCUT2D eigenvalue weighted by atomic mass is 35.5. The lowest BCUT2D eigenvalue weighted by Crippen LogP contribution is -1.94. The van der Waals surface area contributed by atoms with E-state index in [0.717, 1.165) is 11.1 Å². The molecule has 0 aliphatic heterocycles. The number of halogens is 2. The highest BCUT2D eigenvalue weighted by Gasteiger charge is 2.07. The summed E-state index contributed by atoms with van der Waals surface area (Å²) in [6.07, 6.45) is 3.39. The molecule has 0 saturated carbocycles. The van der Waals surface area contributed by atoms with E-state index >= 15 is 0 Å². The van der Waals surface area contributed by atoms with Crippen LogP contribution >= 0.6 is 23.2 Å². The predicted molar refractivity (Wildman–Crippen MR) is 76.3 cm³/mol. The topological polar surface area (TPSA) is 64.5 Å². The predicted octanol–water partition coefficient (Wildman–Crippen LogP) is 3.30. The largest absolute Gasteiger partial charge is 0.237 e. The third kappa shape index (κ3) is 2.74. The first-order valence-electron chi connectivity index (χ1n) is 5.67. The zero-order valence-corrected chi connectivity index (χ0v) is 11.5. The van der Waals surface area contributed by atoms with Gasteiger partial charge in [0.2, 0.25) is 10.6 Å². The minimum absolute atomic E-state index is 0.0652. The Hall–Kier alpha value is -2.11. The van der Waals surface area contributed by atoms with Crippen molar-refractivity contribution in [1.82, 2.24) is 24.9 Å². The number of hydrogen-bond acceptors (Lipinski definition) is 5. The first-order valence-corrected chi connectivity index (χ1v) is 6.43. The first-order chi connectivity index (χ1) is 9.72. The average Bonchev–Trinajstić information content (AvgIpc) is 2.47. The Morgan fingerprint density at radius 1 is 0.650 bits per heavy atom. The van der Waals surface area contributed by atoms with Gasteiger partial charge in [-0.15, -0.1) is 0 Å².